The van der Waals surface area contributed by atoms with Crippen molar-refractivity contribution in [2.45, 2.75) is 47.5 Å². The maximum atomic E-state index is 5.43. The number of hydrogen-bond acceptors (Lipinski definition) is 4. The van der Waals surface area contributed by atoms with Crippen molar-refractivity contribution >= 4 is 28.1 Å². The summed E-state index contributed by atoms with van der Waals surface area (Å²) in [4.78, 5) is 18.3. The van der Waals surface area contributed by atoms with E-state index >= 15 is 0 Å². The highest BCUT2D eigenvalue weighted by atomic mass is 15.3. The van der Waals surface area contributed by atoms with Crippen molar-refractivity contribution in [1.29, 1.82) is 0 Å². The zero-order valence-corrected chi connectivity index (χ0v) is 38.4. The Bertz CT molecular complexity index is 3270. The van der Waals surface area contributed by atoms with E-state index < -0.39 is 0 Å². The normalized spacial score (nSPS) is 11.3. The minimum absolute atomic E-state index is 0.0329. The third-order valence-corrected chi connectivity index (χ3v) is 12.8. The van der Waals surface area contributed by atoms with Crippen molar-refractivity contribution in [3.63, 3.8) is 0 Å². The van der Waals surface area contributed by atoms with Crippen molar-refractivity contribution in [3.8, 4) is 45.0 Å². The third-order valence-electron chi connectivity index (χ3n) is 12.8. The van der Waals surface area contributed by atoms with Gasteiger partial charge in [0.1, 0.15) is 0 Å². The van der Waals surface area contributed by atoms with Gasteiger partial charge in [0.15, 0.2) is 11.6 Å². The fraction of sp³-hybridized carbons (Fsp3) is 0.113. The molecule has 0 amide bonds. The standard InChI is InChI=1S/C62H52N4/c1-40-34-42(3)57(43(4)35-40)59(58-44(5)36-41(2)37-45(58)6)49-30-32-54(33-31-49)66(56-27-16-15-26-55(56)48-21-11-8-12-22-48)62-64-60(52-25-17-24-51(38-52)46-18-9-7-10-19-46)63-61(65-62)53-29-28-47-20-13-14-23-50(47)39-53/h7-39,59H,1-6H3. The Morgan fingerprint density at radius 3 is 1.48 bits per heavy atom. The number of aromatic nitrogens is 3. The molecular formula is C62H52N4. The van der Waals surface area contributed by atoms with E-state index in [2.05, 4.69) is 241 Å². The lowest BCUT2D eigenvalue weighted by molar-refractivity contribution is 0.919. The van der Waals surface area contributed by atoms with Gasteiger partial charge in [0.25, 0.3) is 0 Å². The molecule has 0 spiro atoms. The van der Waals surface area contributed by atoms with Gasteiger partial charge in [-0.2, -0.15) is 9.97 Å². The number of benzene rings is 9. The molecule has 1 aromatic heterocycles. The summed E-state index contributed by atoms with van der Waals surface area (Å²) in [7, 11) is 0. The summed E-state index contributed by atoms with van der Waals surface area (Å²) in [6.07, 6.45) is 0. The highest BCUT2D eigenvalue weighted by Crippen LogP contribution is 2.44. The Kier molecular flexibility index (Phi) is 11.4. The van der Waals surface area contributed by atoms with Crippen LogP contribution in [0.5, 0.6) is 0 Å². The minimum Gasteiger partial charge on any atom is -0.278 e. The molecule has 0 atom stereocenters. The molecule has 10 rings (SSSR count). The zero-order chi connectivity index (χ0) is 45.3. The topological polar surface area (TPSA) is 41.9 Å². The summed E-state index contributed by atoms with van der Waals surface area (Å²) in [6.45, 7) is 13.4. The van der Waals surface area contributed by atoms with Crippen LogP contribution in [0.15, 0.2) is 200 Å². The van der Waals surface area contributed by atoms with Gasteiger partial charge in [0, 0.05) is 28.3 Å². The van der Waals surface area contributed by atoms with Gasteiger partial charge in [-0.15, -0.1) is 0 Å². The summed E-state index contributed by atoms with van der Waals surface area (Å²) in [5.41, 5.74) is 19.8. The van der Waals surface area contributed by atoms with Crippen molar-refractivity contribution < 1.29 is 0 Å². The molecule has 0 saturated heterocycles. The lowest BCUT2D eigenvalue weighted by atomic mass is 9.77. The number of para-hydroxylation sites is 1. The fourth-order valence-corrected chi connectivity index (χ4v) is 10.00. The minimum atomic E-state index is 0.0329. The summed E-state index contributed by atoms with van der Waals surface area (Å²) in [5.74, 6) is 1.75. The molecule has 66 heavy (non-hydrogen) atoms. The number of anilines is 3. The van der Waals surface area contributed by atoms with Gasteiger partial charge in [-0.1, -0.05) is 181 Å². The quantitative estimate of drug-likeness (QED) is 0.129. The molecular weight excluding hydrogens is 801 g/mol. The van der Waals surface area contributed by atoms with Gasteiger partial charge in [-0.05, 0) is 138 Å². The van der Waals surface area contributed by atoms with E-state index in [1.165, 1.54) is 50.1 Å². The number of nitrogens with zero attached hydrogens (tertiary/aromatic N) is 4. The van der Waals surface area contributed by atoms with E-state index in [1.807, 2.05) is 6.07 Å². The largest absolute Gasteiger partial charge is 0.278 e. The van der Waals surface area contributed by atoms with Crippen LogP contribution in [0.1, 0.15) is 56.0 Å². The second-order valence-electron chi connectivity index (χ2n) is 17.7. The molecule has 4 nitrogen and oxygen atoms in total. The molecule has 4 heteroatoms. The molecule has 1 heterocycles. The SMILES string of the molecule is Cc1cc(C)c(C(c2ccc(N(c3nc(-c4cccc(-c5ccccc5)c4)nc(-c4ccc5ccccc5c4)n3)c3ccccc3-c3ccccc3)cc2)c2c(C)cc(C)cc2C)c(C)c1. The average molecular weight is 853 g/mol. The molecule has 9 aromatic carbocycles. The van der Waals surface area contributed by atoms with Gasteiger partial charge >= 0.3 is 0 Å². The molecule has 0 aliphatic rings. The molecule has 0 aliphatic heterocycles. The first kappa shape index (κ1) is 42.0. The average Bonchev–Trinajstić information content (AvgIpc) is 3.34. The van der Waals surface area contributed by atoms with E-state index in [9.17, 15) is 0 Å². The smallest absolute Gasteiger partial charge is 0.238 e. The predicted molar refractivity (Wildman–Crippen MR) is 276 cm³/mol. The van der Waals surface area contributed by atoms with Crippen molar-refractivity contribution in [3.05, 3.63) is 250 Å². The van der Waals surface area contributed by atoms with Crippen LogP contribution in [0.2, 0.25) is 0 Å². The van der Waals surface area contributed by atoms with Crippen LogP contribution in [0, 0.1) is 41.5 Å². The molecule has 0 saturated carbocycles. The Balaban J connectivity index is 1.20. The maximum absolute atomic E-state index is 5.43. The van der Waals surface area contributed by atoms with Crippen molar-refractivity contribution in [2.24, 2.45) is 0 Å². The molecule has 0 aliphatic carbocycles. The van der Waals surface area contributed by atoms with Crippen LogP contribution < -0.4 is 4.90 Å². The van der Waals surface area contributed by atoms with Crippen LogP contribution in [0.25, 0.3) is 55.8 Å². The van der Waals surface area contributed by atoms with Crippen LogP contribution in [-0.2, 0) is 0 Å². The molecule has 0 radical (unpaired) electrons. The lowest BCUT2D eigenvalue weighted by Crippen LogP contribution is -2.17. The van der Waals surface area contributed by atoms with Crippen LogP contribution in [0.4, 0.5) is 17.3 Å². The van der Waals surface area contributed by atoms with Gasteiger partial charge < -0.3 is 0 Å². The Hall–Kier alpha value is -7.95. The van der Waals surface area contributed by atoms with E-state index in [4.69, 9.17) is 15.0 Å². The molecule has 320 valence electrons. The Morgan fingerprint density at radius 2 is 0.864 bits per heavy atom. The molecule has 0 unspecified atom stereocenters. The second kappa shape index (κ2) is 17.9. The van der Waals surface area contributed by atoms with Gasteiger partial charge in [0.2, 0.25) is 5.95 Å². The van der Waals surface area contributed by atoms with Crippen LogP contribution in [0.3, 0.4) is 0 Å². The van der Waals surface area contributed by atoms with E-state index in [-0.39, 0.29) is 5.92 Å². The summed E-state index contributed by atoms with van der Waals surface area (Å²) in [5, 5.41) is 2.29. The summed E-state index contributed by atoms with van der Waals surface area (Å²) < 4.78 is 0. The van der Waals surface area contributed by atoms with E-state index in [0.29, 0.717) is 17.6 Å². The summed E-state index contributed by atoms with van der Waals surface area (Å²) >= 11 is 0. The monoisotopic (exact) mass is 852 g/mol. The zero-order valence-electron chi connectivity index (χ0n) is 38.4. The molecule has 10 aromatic rings. The second-order valence-corrected chi connectivity index (χ2v) is 17.7. The van der Waals surface area contributed by atoms with E-state index in [0.717, 1.165) is 55.5 Å². The highest BCUT2D eigenvalue weighted by molar-refractivity contribution is 5.89. The van der Waals surface area contributed by atoms with Crippen molar-refractivity contribution in [2.75, 3.05) is 4.90 Å². The van der Waals surface area contributed by atoms with Gasteiger partial charge in [-0.3, -0.25) is 4.90 Å². The first-order valence-electron chi connectivity index (χ1n) is 22.8. The Morgan fingerprint density at radius 1 is 0.364 bits per heavy atom. The van der Waals surface area contributed by atoms with Crippen molar-refractivity contribution in [1.82, 2.24) is 15.0 Å². The third kappa shape index (κ3) is 8.30. The molecule has 0 N–H and O–H groups in total. The lowest BCUT2D eigenvalue weighted by Gasteiger charge is -2.29. The number of fused-ring (bicyclic) bond motifs is 1. The van der Waals surface area contributed by atoms with E-state index in [1.54, 1.807) is 0 Å². The predicted octanol–water partition coefficient (Wildman–Crippen LogP) is 16.2. The van der Waals surface area contributed by atoms with Crippen LogP contribution in [-0.4, -0.2) is 15.0 Å². The fourth-order valence-electron chi connectivity index (χ4n) is 10.00. The number of aryl methyl sites for hydroxylation is 6. The molecule has 0 fully saturated rings. The molecule has 0 bridgehead atoms. The maximum Gasteiger partial charge on any atom is 0.238 e. The number of hydrogen-bond donors (Lipinski definition) is 0. The van der Waals surface area contributed by atoms with Gasteiger partial charge in [0.05, 0.1) is 5.69 Å². The number of rotatable bonds is 10. The van der Waals surface area contributed by atoms with Gasteiger partial charge in [-0.25, -0.2) is 4.98 Å². The Labute approximate surface area is 389 Å². The highest BCUT2D eigenvalue weighted by Gasteiger charge is 2.27. The first-order valence-corrected chi connectivity index (χ1v) is 22.8. The van der Waals surface area contributed by atoms with Crippen LogP contribution >= 0.6 is 0 Å². The summed E-state index contributed by atoms with van der Waals surface area (Å²) in [6, 6.07) is 71.4. The first-order chi connectivity index (χ1) is 32.2.